The molecule has 0 atom stereocenters. The Balaban J connectivity index is 2.21. The highest BCUT2D eigenvalue weighted by Crippen LogP contribution is 2.26. The van der Waals surface area contributed by atoms with E-state index >= 15 is 0 Å². The van der Waals surface area contributed by atoms with Crippen molar-refractivity contribution >= 4 is 5.91 Å². The summed E-state index contributed by atoms with van der Waals surface area (Å²) in [6.07, 6.45) is 3.50. The van der Waals surface area contributed by atoms with Crippen molar-refractivity contribution in [1.82, 2.24) is 5.32 Å². The van der Waals surface area contributed by atoms with E-state index in [4.69, 9.17) is 0 Å². The second-order valence-electron chi connectivity index (χ2n) is 5.90. The molecule has 0 aromatic heterocycles. The van der Waals surface area contributed by atoms with Crippen LogP contribution >= 0.6 is 0 Å². The van der Waals surface area contributed by atoms with Crippen molar-refractivity contribution in [2.75, 3.05) is 0 Å². The van der Waals surface area contributed by atoms with Gasteiger partial charge in [-0.1, -0.05) is 39.0 Å². The third-order valence-corrected chi connectivity index (χ3v) is 3.42. The number of hydrogen-bond acceptors (Lipinski definition) is 1. The fourth-order valence-electron chi connectivity index (χ4n) is 2.15. The minimum absolute atomic E-state index is 0.00749. The molecule has 1 aromatic carbocycles. The lowest BCUT2D eigenvalue weighted by atomic mass is 9.83. The van der Waals surface area contributed by atoms with Gasteiger partial charge in [0.1, 0.15) is 0 Å². The Hall–Kier alpha value is -1.31. The first-order valence-corrected chi connectivity index (χ1v) is 6.39. The molecule has 0 aliphatic heterocycles. The number of hydrogen-bond donors (Lipinski definition) is 1. The van der Waals surface area contributed by atoms with Crippen LogP contribution in [0, 0.1) is 0 Å². The molecule has 0 unspecified atom stereocenters. The van der Waals surface area contributed by atoms with E-state index in [0.29, 0.717) is 6.04 Å². The van der Waals surface area contributed by atoms with Crippen LogP contribution in [0.15, 0.2) is 24.3 Å². The van der Waals surface area contributed by atoms with E-state index in [1.165, 1.54) is 6.42 Å². The van der Waals surface area contributed by atoms with Gasteiger partial charge in [0, 0.05) is 11.6 Å². The molecular weight excluding hydrogens is 210 g/mol. The molecule has 1 aromatic rings. The van der Waals surface area contributed by atoms with Crippen LogP contribution in [0.5, 0.6) is 0 Å². The maximum absolute atomic E-state index is 12.2. The quantitative estimate of drug-likeness (QED) is 0.831. The van der Waals surface area contributed by atoms with E-state index < -0.39 is 0 Å². The lowest BCUT2D eigenvalue weighted by Crippen LogP contribution is -2.40. The molecule has 92 valence electrons. The van der Waals surface area contributed by atoms with Gasteiger partial charge in [0.2, 0.25) is 0 Å². The molecule has 0 saturated heterocycles. The molecule has 1 saturated carbocycles. The summed E-state index contributed by atoms with van der Waals surface area (Å²) in [5, 5.41) is 3.11. The van der Waals surface area contributed by atoms with Gasteiger partial charge in [-0.25, -0.2) is 0 Å². The molecule has 1 fully saturated rings. The first-order chi connectivity index (χ1) is 7.98. The lowest BCUT2D eigenvalue weighted by molar-refractivity contribution is 0.0914. The summed E-state index contributed by atoms with van der Waals surface area (Å²) in [5.74, 6) is 0.0835. The molecule has 1 N–H and O–H groups in total. The summed E-state index contributed by atoms with van der Waals surface area (Å²) in [7, 11) is 0. The smallest absolute Gasteiger partial charge is 0.251 e. The Morgan fingerprint density at radius 2 is 1.88 bits per heavy atom. The average molecular weight is 231 g/mol. The van der Waals surface area contributed by atoms with Crippen molar-refractivity contribution in [3.8, 4) is 0 Å². The fourth-order valence-corrected chi connectivity index (χ4v) is 2.15. The third kappa shape index (κ3) is 2.68. The van der Waals surface area contributed by atoms with Gasteiger partial charge in [0.15, 0.2) is 0 Å². The number of amides is 1. The van der Waals surface area contributed by atoms with Gasteiger partial charge in [-0.2, -0.15) is 0 Å². The maximum atomic E-state index is 12.2. The van der Waals surface area contributed by atoms with Gasteiger partial charge in [0.05, 0.1) is 0 Å². The molecule has 2 heteroatoms. The van der Waals surface area contributed by atoms with Crippen LogP contribution in [-0.2, 0) is 5.41 Å². The lowest BCUT2D eigenvalue weighted by Gasteiger charge is -2.28. The normalized spacial score (nSPS) is 16.4. The van der Waals surface area contributed by atoms with E-state index in [1.807, 2.05) is 18.2 Å². The first-order valence-electron chi connectivity index (χ1n) is 6.39. The molecule has 0 spiro atoms. The van der Waals surface area contributed by atoms with Crippen LogP contribution < -0.4 is 5.32 Å². The Kier molecular flexibility index (Phi) is 3.23. The van der Waals surface area contributed by atoms with E-state index in [1.54, 1.807) is 0 Å². The minimum Gasteiger partial charge on any atom is -0.349 e. The number of carbonyl (C=O) groups is 1. The molecule has 0 heterocycles. The number of carbonyl (C=O) groups excluding carboxylic acids is 1. The second-order valence-corrected chi connectivity index (χ2v) is 5.90. The van der Waals surface area contributed by atoms with Crippen LogP contribution in [0.1, 0.15) is 56.0 Å². The van der Waals surface area contributed by atoms with Gasteiger partial charge < -0.3 is 5.32 Å². The Morgan fingerprint density at radius 3 is 2.41 bits per heavy atom. The summed E-state index contributed by atoms with van der Waals surface area (Å²) in [5.41, 5.74) is 1.96. The SMILES string of the molecule is CC(C)(C)c1ccccc1C(=O)NC1CCC1. The van der Waals surface area contributed by atoms with Crippen LogP contribution in [0.3, 0.4) is 0 Å². The molecule has 1 aliphatic rings. The van der Waals surface area contributed by atoms with Crippen molar-refractivity contribution in [2.24, 2.45) is 0 Å². The summed E-state index contributed by atoms with van der Waals surface area (Å²) >= 11 is 0. The summed E-state index contributed by atoms with van der Waals surface area (Å²) in [4.78, 5) is 12.2. The van der Waals surface area contributed by atoms with Gasteiger partial charge in [0.25, 0.3) is 5.91 Å². The molecule has 0 bridgehead atoms. The van der Waals surface area contributed by atoms with E-state index in [2.05, 4.69) is 32.2 Å². The predicted octanol–water partition coefficient (Wildman–Crippen LogP) is 3.27. The highest BCUT2D eigenvalue weighted by atomic mass is 16.1. The van der Waals surface area contributed by atoms with Gasteiger partial charge in [-0.3, -0.25) is 4.79 Å². The number of benzene rings is 1. The highest BCUT2D eigenvalue weighted by Gasteiger charge is 2.24. The minimum atomic E-state index is 0.00749. The largest absolute Gasteiger partial charge is 0.349 e. The van der Waals surface area contributed by atoms with Gasteiger partial charge in [-0.05, 0) is 36.3 Å². The van der Waals surface area contributed by atoms with Crippen molar-refractivity contribution in [2.45, 2.75) is 51.5 Å². The Morgan fingerprint density at radius 1 is 1.24 bits per heavy atom. The molecule has 2 nitrogen and oxygen atoms in total. The van der Waals surface area contributed by atoms with Crippen LogP contribution in [-0.4, -0.2) is 11.9 Å². The average Bonchev–Trinajstić information content (AvgIpc) is 2.22. The maximum Gasteiger partial charge on any atom is 0.251 e. The predicted molar refractivity (Wildman–Crippen MR) is 70.2 cm³/mol. The number of rotatable bonds is 2. The summed E-state index contributed by atoms with van der Waals surface area (Å²) in [6.45, 7) is 6.42. The number of nitrogens with one attached hydrogen (secondary N) is 1. The molecule has 1 aliphatic carbocycles. The monoisotopic (exact) mass is 231 g/mol. The fraction of sp³-hybridized carbons (Fsp3) is 0.533. The van der Waals surface area contributed by atoms with Crippen molar-refractivity contribution in [3.63, 3.8) is 0 Å². The van der Waals surface area contributed by atoms with Gasteiger partial charge >= 0.3 is 0 Å². The van der Waals surface area contributed by atoms with E-state index in [0.717, 1.165) is 24.0 Å². The zero-order valence-corrected chi connectivity index (χ0v) is 10.9. The van der Waals surface area contributed by atoms with Crippen LogP contribution in [0.4, 0.5) is 0 Å². The summed E-state index contributed by atoms with van der Waals surface area (Å²) < 4.78 is 0. The molecule has 17 heavy (non-hydrogen) atoms. The van der Waals surface area contributed by atoms with Gasteiger partial charge in [-0.15, -0.1) is 0 Å². The van der Waals surface area contributed by atoms with E-state index in [-0.39, 0.29) is 11.3 Å². The Labute approximate surface area is 103 Å². The highest BCUT2D eigenvalue weighted by molar-refractivity contribution is 5.96. The van der Waals surface area contributed by atoms with Crippen LogP contribution in [0.2, 0.25) is 0 Å². The first kappa shape index (κ1) is 12.2. The third-order valence-electron chi connectivity index (χ3n) is 3.42. The second kappa shape index (κ2) is 4.52. The topological polar surface area (TPSA) is 29.1 Å². The zero-order valence-electron chi connectivity index (χ0n) is 10.9. The van der Waals surface area contributed by atoms with E-state index in [9.17, 15) is 4.79 Å². The van der Waals surface area contributed by atoms with Crippen molar-refractivity contribution in [3.05, 3.63) is 35.4 Å². The van der Waals surface area contributed by atoms with Crippen LogP contribution in [0.25, 0.3) is 0 Å². The Bertz CT molecular complexity index is 413. The van der Waals surface area contributed by atoms with Crippen molar-refractivity contribution in [1.29, 1.82) is 0 Å². The summed E-state index contributed by atoms with van der Waals surface area (Å²) in [6, 6.07) is 8.31. The standard InChI is InChI=1S/C15H21NO/c1-15(2,3)13-10-5-4-9-12(13)14(17)16-11-7-6-8-11/h4-5,9-11H,6-8H2,1-3H3,(H,16,17). The molecule has 1 amide bonds. The molecule has 0 radical (unpaired) electrons. The van der Waals surface area contributed by atoms with Crippen molar-refractivity contribution < 1.29 is 4.79 Å². The molecule has 2 rings (SSSR count). The zero-order chi connectivity index (χ0) is 12.5. The molecular formula is C15H21NO.